The van der Waals surface area contributed by atoms with Gasteiger partial charge in [0.15, 0.2) is 0 Å². The fourth-order valence-electron chi connectivity index (χ4n) is 2.84. The van der Waals surface area contributed by atoms with Crippen LogP contribution in [0.1, 0.15) is 43.2 Å². The van der Waals surface area contributed by atoms with Crippen molar-refractivity contribution in [1.29, 1.82) is 0 Å². The van der Waals surface area contributed by atoms with Gasteiger partial charge in [0.25, 0.3) is 5.91 Å². The standard InChI is InChI=1S/C19H26N4O/c1-14(11-19(2,3)15-9-7-6-8-10-15)21-17-13-20-12-16(22-17)18(24)23(4)5/h6-10,12-14H,11H2,1-5H3,(H,21,22)/t14-/m1/s1. The maximum absolute atomic E-state index is 12.0. The number of aromatic nitrogens is 2. The summed E-state index contributed by atoms with van der Waals surface area (Å²) in [6.07, 6.45) is 4.08. The lowest BCUT2D eigenvalue weighted by atomic mass is 9.79. The molecule has 0 unspecified atom stereocenters. The summed E-state index contributed by atoms with van der Waals surface area (Å²) >= 11 is 0. The summed E-state index contributed by atoms with van der Waals surface area (Å²) in [6.45, 7) is 6.59. The van der Waals surface area contributed by atoms with E-state index in [0.717, 1.165) is 6.42 Å². The van der Waals surface area contributed by atoms with E-state index in [1.807, 2.05) is 6.07 Å². The van der Waals surface area contributed by atoms with Crippen molar-refractivity contribution in [3.05, 3.63) is 54.0 Å². The molecular weight excluding hydrogens is 300 g/mol. The van der Waals surface area contributed by atoms with Crippen LogP contribution in [-0.2, 0) is 5.41 Å². The van der Waals surface area contributed by atoms with Gasteiger partial charge in [-0.15, -0.1) is 0 Å². The van der Waals surface area contributed by atoms with Crippen molar-refractivity contribution in [3.8, 4) is 0 Å². The molecule has 2 rings (SSSR count). The molecular formula is C19H26N4O. The Bertz CT molecular complexity index is 683. The Balaban J connectivity index is 2.06. The Morgan fingerprint density at radius 2 is 1.88 bits per heavy atom. The van der Waals surface area contributed by atoms with Gasteiger partial charge in [0.2, 0.25) is 0 Å². The van der Waals surface area contributed by atoms with Crippen molar-refractivity contribution < 1.29 is 4.79 Å². The average molecular weight is 326 g/mol. The van der Waals surface area contributed by atoms with E-state index in [0.29, 0.717) is 11.5 Å². The fourth-order valence-corrected chi connectivity index (χ4v) is 2.84. The monoisotopic (exact) mass is 326 g/mol. The molecule has 1 atom stereocenters. The van der Waals surface area contributed by atoms with Crippen LogP contribution in [0.3, 0.4) is 0 Å². The van der Waals surface area contributed by atoms with Crippen LogP contribution >= 0.6 is 0 Å². The zero-order chi connectivity index (χ0) is 17.7. The molecule has 1 heterocycles. The van der Waals surface area contributed by atoms with Gasteiger partial charge in [0.1, 0.15) is 11.5 Å². The molecule has 2 aromatic rings. The van der Waals surface area contributed by atoms with E-state index >= 15 is 0 Å². The first-order valence-corrected chi connectivity index (χ1v) is 8.15. The fraction of sp³-hybridized carbons (Fsp3) is 0.421. The number of nitrogens with one attached hydrogen (secondary N) is 1. The molecule has 24 heavy (non-hydrogen) atoms. The largest absolute Gasteiger partial charge is 0.366 e. The minimum absolute atomic E-state index is 0.0399. The van der Waals surface area contributed by atoms with Crippen LogP contribution in [0, 0.1) is 0 Å². The minimum Gasteiger partial charge on any atom is -0.366 e. The highest BCUT2D eigenvalue weighted by Crippen LogP contribution is 2.28. The number of anilines is 1. The van der Waals surface area contributed by atoms with Crippen LogP contribution in [0.4, 0.5) is 5.82 Å². The van der Waals surface area contributed by atoms with E-state index in [-0.39, 0.29) is 17.4 Å². The lowest BCUT2D eigenvalue weighted by Crippen LogP contribution is -2.28. The Morgan fingerprint density at radius 1 is 1.21 bits per heavy atom. The van der Waals surface area contributed by atoms with Crippen molar-refractivity contribution >= 4 is 11.7 Å². The second kappa shape index (κ2) is 7.43. The predicted octanol–water partition coefficient (Wildman–Crippen LogP) is 3.35. The molecule has 0 spiro atoms. The molecule has 0 aliphatic rings. The molecule has 1 aromatic carbocycles. The van der Waals surface area contributed by atoms with Crippen molar-refractivity contribution in [2.45, 2.75) is 38.6 Å². The summed E-state index contributed by atoms with van der Waals surface area (Å²) in [4.78, 5) is 22.0. The number of carbonyl (C=O) groups is 1. The Hall–Kier alpha value is -2.43. The Kier molecular flexibility index (Phi) is 5.54. The highest BCUT2D eigenvalue weighted by atomic mass is 16.2. The third kappa shape index (κ3) is 4.54. The molecule has 0 radical (unpaired) electrons. The first kappa shape index (κ1) is 17.9. The van der Waals surface area contributed by atoms with Gasteiger partial charge >= 0.3 is 0 Å². The van der Waals surface area contributed by atoms with Gasteiger partial charge in [-0.2, -0.15) is 0 Å². The second-order valence-corrected chi connectivity index (χ2v) is 6.99. The quantitative estimate of drug-likeness (QED) is 0.884. The molecule has 0 bridgehead atoms. The number of amides is 1. The third-order valence-corrected chi connectivity index (χ3v) is 4.03. The lowest BCUT2D eigenvalue weighted by molar-refractivity contribution is 0.0821. The molecule has 0 aliphatic heterocycles. The molecule has 1 aromatic heterocycles. The van der Waals surface area contributed by atoms with E-state index < -0.39 is 0 Å². The summed E-state index contributed by atoms with van der Waals surface area (Å²) in [5.74, 6) is 0.475. The number of rotatable bonds is 6. The molecule has 5 nitrogen and oxygen atoms in total. The molecule has 0 saturated heterocycles. The summed E-state index contributed by atoms with van der Waals surface area (Å²) in [5.41, 5.74) is 1.69. The van der Waals surface area contributed by atoms with Crippen molar-refractivity contribution in [1.82, 2.24) is 14.9 Å². The second-order valence-electron chi connectivity index (χ2n) is 6.99. The van der Waals surface area contributed by atoms with Gasteiger partial charge < -0.3 is 10.2 Å². The maximum Gasteiger partial charge on any atom is 0.273 e. The summed E-state index contributed by atoms with van der Waals surface area (Å²) in [7, 11) is 3.41. The highest BCUT2D eigenvalue weighted by molar-refractivity contribution is 5.91. The van der Waals surface area contributed by atoms with Crippen molar-refractivity contribution in [3.63, 3.8) is 0 Å². The minimum atomic E-state index is -0.150. The smallest absolute Gasteiger partial charge is 0.273 e. The van der Waals surface area contributed by atoms with E-state index in [1.54, 1.807) is 20.3 Å². The SMILES string of the molecule is C[C@H](CC(C)(C)c1ccccc1)Nc1cncc(C(=O)N(C)C)n1. The first-order chi connectivity index (χ1) is 11.3. The number of nitrogens with zero attached hydrogens (tertiary/aromatic N) is 3. The van der Waals surface area contributed by atoms with Gasteiger partial charge in [0, 0.05) is 20.1 Å². The summed E-state index contributed by atoms with van der Waals surface area (Å²) < 4.78 is 0. The maximum atomic E-state index is 12.0. The molecule has 0 aliphatic carbocycles. The van der Waals surface area contributed by atoms with Crippen LogP contribution in [0.25, 0.3) is 0 Å². The van der Waals surface area contributed by atoms with Crippen LogP contribution in [-0.4, -0.2) is 40.9 Å². The molecule has 1 amide bonds. The van der Waals surface area contributed by atoms with Crippen LogP contribution in [0.15, 0.2) is 42.7 Å². The molecule has 1 N–H and O–H groups in total. The topological polar surface area (TPSA) is 58.1 Å². The van der Waals surface area contributed by atoms with Crippen LogP contribution in [0.5, 0.6) is 0 Å². The number of carbonyl (C=O) groups excluding carboxylic acids is 1. The van der Waals surface area contributed by atoms with Crippen LogP contribution in [0.2, 0.25) is 0 Å². The van der Waals surface area contributed by atoms with Gasteiger partial charge in [0.05, 0.1) is 12.4 Å². The average Bonchev–Trinajstić information content (AvgIpc) is 2.54. The zero-order valence-corrected chi connectivity index (χ0v) is 15.1. The molecule has 5 heteroatoms. The van der Waals surface area contributed by atoms with Crippen molar-refractivity contribution in [2.24, 2.45) is 0 Å². The molecule has 0 saturated carbocycles. The van der Waals surface area contributed by atoms with Crippen molar-refractivity contribution in [2.75, 3.05) is 19.4 Å². The predicted molar refractivity (Wildman–Crippen MR) is 97.2 cm³/mol. The number of benzene rings is 1. The normalized spacial score (nSPS) is 12.5. The van der Waals surface area contributed by atoms with Gasteiger partial charge in [-0.3, -0.25) is 9.78 Å². The van der Waals surface area contributed by atoms with E-state index in [4.69, 9.17) is 0 Å². The summed E-state index contributed by atoms with van der Waals surface area (Å²) in [6, 6.07) is 10.7. The Labute approximate surface area is 144 Å². The van der Waals surface area contributed by atoms with Crippen LogP contribution < -0.4 is 5.32 Å². The number of hydrogen-bond acceptors (Lipinski definition) is 4. The first-order valence-electron chi connectivity index (χ1n) is 8.15. The molecule has 0 fully saturated rings. The van der Waals surface area contributed by atoms with Gasteiger partial charge in [-0.1, -0.05) is 44.2 Å². The third-order valence-electron chi connectivity index (χ3n) is 4.03. The van der Waals surface area contributed by atoms with E-state index in [2.05, 4.69) is 60.3 Å². The highest BCUT2D eigenvalue weighted by Gasteiger charge is 2.23. The molecule has 128 valence electrons. The van der Waals surface area contributed by atoms with Gasteiger partial charge in [-0.25, -0.2) is 4.98 Å². The lowest BCUT2D eigenvalue weighted by Gasteiger charge is -2.29. The Morgan fingerprint density at radius 3 is 2.50 bits per heavy atom. The zero-order valence-electron chi connectivity index (χ0n) is 15.1. The van der Waals surface area contributed by atoms with Gasteiger partial charge in [-0.05, 0) is 24.3 Å². The number of hydrogen-bond donors (Lipinski definition) is 1. The van der Waals surface area contributed by atoms with E-state index in [9.17, 15) is 4.79 Å². The summed E-state index contributed by atoms with van der Waals surface area (Å²) in [5, 5.41) is 3.36. The van der Waals surface area contributed by atoms with E-state index in [1.165, 1.54) is 16.7 Å².